The molecule has 1 saturated carbocycles. The highest BCUT2D eigenvalue weighted by molar-refractivity contribution is 5.88. The Labute approximate surface area is 171 Å². The Kier molecular flexibility index (Phi) is 5.12. The third-order valence-electron chi connectivity index (χ3n) is 6.78. The Morgan fingerprint density at radius 2 is 1.93 bits per heavy atom. The van der Waals surface area contributed by atoms with Crippen LogP contribution in [0.3, 0.4) is 0 Å². The number of likely N-dealkylation sites (tertiary alicyclic amines) is 1. The Hall–Kier alpha value is -2.21. The third-order valence-corrected chi connectivity index (χ3v) is 6.78. The van der Waals surface area contributed by atoms with Crippen LogP contribution in [0.1, 0.15) is 61.7 Å². The molecular weight excluding hydrogens is 366 g/mol. The first-order valence-electron chi connectivity index (χ1n) is 11.0. The van der Waals surface area contributed by atoms with Gasteiger partial charge in [0.2, 0.25) is 11.8 Å². The van der Waals surface area contributed by atoms with Crippen LogP contribution in [0.2, 0.25) is 0 Å². The number of nitrogens with zero attached hydrogens (tertiary/aromatic N) is 3. The monoisotopic (exact) mass is 395 g/mol. The normalized spacial score (nSPS) is 24.4. The summed E-state index contributed by atoms with van der Waals surface area (Å²) < 4.78 is 11.1. The van der Waals surface area contributed by atoms with Gasteiger partial charge in [-0.15, -0.1) is 0 Å². The summed E-state index contributed by atoms with van der Waals surface area (Å²) in [6.45, 7) is 2.89. The highest BCUT2D eigenvalue weighted by Crippen LogP contribution is 2.39. The molecule has 29 heavy (non-hydrogen) atoms. The van der Waals surface area contributed by atoms with E-state index in [4.69, 9.17) is 9.26 Å². The van der Waals surface area contributed by atoms with Crippen LogP contribution in [0.5, 0.6) is 0 Å². The lowest BCUT2D eigenvalue weighted by molar-refractivity contribution is -0.143. The van der Waals surface area contributed by atoms with E-state index in [1.807, 2.05) is 18.2 Å². The van der Waals surface area contributed by atoms with E-state index in [-0.39, 0.29) is 5.91 Å². The van der Waals surface area contributed by atoms with Crippen LogP contribution in [0.4, 0.5) is 0 Å². The van der Waals surface area contributed by atoms with Gasteiger partial charge in [0.1, 0.15) is 0 Å². The van der Waals surface area contributed by atoms with E-state index in [1.165, 1.54) is 12.8 Å². The van der Waals surface area contributed by atoms with Crippen LogP contribution in [0, 0.1) is 5.92 Å². The van der Waals surface area contributed by atoms with Crippen molar-refractivity contribution in [2.24, 2.45) is 5.92 Å². The molecule has 6 nitrogen and oxygen atoms in total. The molecule has 1 unspecified atom stereocenters. The van der Waals surface area contributed by atoms with Gasteiger partial charge < -0.3 is 14.2 Å². The topological polar surface area (TPSA) is 68.5 Å². The summed E-state index contributed by atoms with van der Waals surface area (Å²) in [4.78, 5) is 20.5. The summed E-state index contributed by atoms with van der Waals surface area (Å²) in [5.41, 5.74) is 0.673. The number of hydrogen-bond donors (Lipinski definition) is 0. The lowest BCUT2D eigenvalue weighted by Crippen LogP contribution is -2.52. The van der Waals surface area contributed by atoms with Crippen molar-refractivity contribution in [3.05, 3.63) is 47.6 Å². The Morgan fingerprint density at radius 3 is 2.69 bits per heavy atom. The van der Waals surface area contributed by atoms with Gasteiger partial charge in [-0.2, -0.15) is 4.98 Å². The molecule has 3 fully saturated rings. The summed E-state index contributed by atoms with van der Waals surface area (Å²) in [6.07, 6.45) is 6.77. The first kappa shape index (κ1) is 18.8. The first-order chi connectivity index (χ1) is 14.2. The number of carbonyl (C=O) groups excluding carboxylic acids is 1. The molecule has 1 atom stereocenters. The summed E-state index contributed by atoms with van der Waals surface area (Å²) >= 11 is 0. The van der Waals surface area contributed by atoms with Gasteiger partial charge in [-0.1, -0.05) is 35.5 Å². The molecule has 1 amide bonds. The van der Waals surface area contributed by atoms with Crippen LogP contribution in [0.25, 0.3) is 0 Å². The molecule has 2 aromatic rings. The van der Waals surface area contributed by atoms with E-state index in [0.29, 0.717) is 25.0 Å². The molecule has 2 saturated heterocycles. The van der Waals surface area contributed by atoms with E-state index in [9.17, 15) is 4.79 Å². The molecule has 6 heteroatoms. The standard InChI is InChI=1S/C23H29N3O3/c27-22(23(10-13-28-14-11-23)19-6-2-1-3-7-19)26-12-4-5-17(16-26)15-20-24-21(25-29-20)18-8-9-18/h1-3,6-7,17-18H,4-5,8-16H2. The lowest BCUT2D eigenvalue weighted by atomic mass is 9.72. The molecule has 1 aromatic heterocycles. The summed E-state index contributed by atoms with van der Waals surface area (Å²) in [6, 6.07) is 10.3. The van der Waals surface area contributed by atoms with Gasteiger partial charge in [0.05, 0.1) is 5.41 Å². The first-order valence-corrected chi connectivity index (χ1v) is 11.0. The van der Waals surface area contributed by atoms with E-state index in [2.05, 4.69) is 27.2 Å². The molecular formula is C23H29N3O3. The van der Waals surface area contributed by atoms with Crippen molar-refractivity contribution in [3.63, 3.8) is 0 Å². The van der Waals surface area contributed by atoms with Gasteiger partial charge in [0.15, 0.2) is 5.82 Å². The number of rotatable bonds is 5. The number of hydrogen-bond acceptors (Lipinski definition) is 5. The number of benzene rings is 1. The van der Waals surface area contributed by atoms with Gasteiger partial charge in [0, 0.05) is 38.6 Å². The number of carbonyl (C=O) groups is 1. The number of piperidine rings is 1. The van der Waals surface area contributed by atoms with Crippen molar-refractivity contribution in [3.8, 4) is 0 Å². The van der Waals surface area contributed by atoms with E-state index >= 15 is 0 Å². The summed E-state index contributed by atoms with van der Waals surface area (Å²) in [7, 11) is 0. The van der Waals surface area contributed by atoms with Crippen LogP contribution in [0.15, 0.2) is 34.9 Å². The average Bonchev–Trinajstić information content (AvgIpc) is 3.53. The summed E-state index contributed by atoms with van der Waals surface area (Å²) in [5, 5.41) is 4.14. The zero-order chi connectivity index (χ0) is 19.7. The molecule has 3 heterocycles. The zero-order valence-electron chi connectivity index (χ0n) is 16.9. The fourth-order valence-electron chi connectivity index (χ4n) is 4.93. The Balaban J connectivity index is 1.31. The molecule has 5 rings (SSSR count). The van der Waals surface area contributed by atoms with Crippen molar-refractivity contribution in [2.45, 2.75) is 56.3 Å². The van der Waals surface area contributed by atoms with Crippen LogP contribution in [-0.4, -0.2) is 47.3 Å². The molecule has 154 valence electrons. The smallest absolute Gasteiger partial charge is 0.233 e. The van der Waals surface area contributed by atoms with Gasteiger partial charge >= 0.3 is 0 Å². The fraction of sp³-hybridized carbons (Fsp3) is 0.609. The number of aromatic nitrogens is 2. The molecule has 0 N–H and O–H groups in total. The van der Waals surface area contributed by atoms with Crippen LogP contribution in [-0.2, 0) is 21.4 Å². The van der Waals surface area contributed by atoms with Gasteiger partial charge in [0.25, 0.3) is 0 Å². The molecule has 1 aliphatic carbocycles. The maximum Gasteiger partial charge on any atom is 0.233 e. The van der Waals surface area contributed by atoms with E-state index in [0.717, 1.165) is 62.5 Å². The minimum atomic E-state index is -0.453. The maximum absolute atomic E-state index is 13.8. The van der Waals surface area contributed by atoms with Crippen molar-refractivity contribution in [2.75, 3.05) is 26.3 Å². The lowest BCUT2D eigenvalue weighted by Gasteiger charge is -2.42. The molecule has 0 bridgehead atoms. The fourth-order valence-corrected chi connectivity index (χ4v) is 4.93. The second-order valence-corrected chi connectivity index (χ2v) is 8.84. The zero-order valence-corrected chi connectivity index (χ0v) is 16.9. The molecule has 0 spiro atoms. The summed E-state index contributed by atoms with van der Waals surface area (Å²) in [5.74, 6) is 2.76. The Morgan fingerprint density at radius 1 is 1.14 bits per heavy atom. The van der Waals surface area contributed by atoms with E-state index < -0.39 is 5.41 Å². The number of amides is 1. The second kappa shape index (κ2) is 7.90. The number of ether oxygens (including phenoxy) is 1. The van der Waals surface area contributed by atoms with Gasteiger partial charge in [-0.25, -0.2) is 0 Å². The second-order valence-electron chi connectivity index (χ2n) is 8.84. The van der Waals surface area contributed by atoms with Crippen molar-refractivity contribution in [1.82, 2.24) is 15.0 Å². The largest absolute Gasteiger partial charge is 0.381 e. The molecule has 2 aliphatic heterocycles. The highest BCUT2D eigenvalue weighted by atomic mass is 16.5. The third kappa shape index (κ3) is 3.82. The minimum absolute atomic E-state index is 0.265. The van der Waals surface area contributed by atoms with Crippen molar-refractivity contribution < 1.29 is 14.1 Å². The SMILES string of the molecule is O=C(N1CCCC(Cc2nc(C3CC3)no2)C1)C1(c2ccccc2)CCOCC1. The van der Waals surface area contributed by atoms with Gasteiger partial charge in [-0.05, 0) is 50.0 Å². The van der Waals surface area contributed by atoms with Crippen molar-refractivity contribution in [1.29, 1.82) is 0 Å². The quantitative estimate of drug-likeness (QED) is 0.775. The van der Waals surface area contributed by atoms with Gasteiger partial charge in [-0.3, -0.25) is 4.79 Å². The van der Waals surface area contributed by atoms with E-state index in [1.54, 1.807) is 0 Å². The predicted octanol–water partition coefficient (Wildman–Crippen LogP) is 3.48. The molecule has 1 aromatic carbocycles. The minimum Gasteiger partial charge on any atom is -0.381 e. The predicted molar refractivity (Wildman–Crippen MR) is 107 cm³/mol. The molecule has 3 aliphatic rings. The highest BCUT2D eigenvalue weighted by Gasteiger charge is 2.44. The maximum atomic E-state index is 13.8. The molecule has 0 radical (unpaired) electrons. The van der Waals surface area contributed by atoms with Crippen LogP contribution < -0.4 is 0 Å². The Bertz CT molecular complexity index is 840. The van der Waals surface area contributed by atoms with Crippen molar-refractivity contribution >= 4 is 5.91 Å². The van der Waals surface area contributed by atoms with Crippen LogP contribution >= 0.6 is 0 Å². The average molecular weight is 396 g/mol.